The summed E-state index contributed by atoms with van der Waals surface area (Å²) in [6.07, 6.45) is 0.608. The Morgan fingerprint density at radius 1 is 1.50 bits per heavy atom. The molecule has 110 valence electrons. The van der Waals surface area contributed by atoms with Crippen LogP contribution in [-0.2, 0) is 11.3 Å². The molecule has 2 unspecified atom stereocenters. The minimum absolute atomic E-state index is 0.0492. The van der Waals surface area contributed by atoms with E-state index >= 15 is 0 Å². The summed E-state index contributed by atoms with van der Waals surface area (Å²) in [6, 6.07) is 6.12. The van der Waals surface area contributed by atoms with Gasteiger partial charge >= 0.3 is 5.97 Å². The fourth-order valence-corrected chi connectivity index (χ4v) is 2.75. The SMILES string of the molecule is COc1c(CN(C)C)cccc1C1CC(C(=O)O)CN1. The molecule has 1 aliphatic heterocycles. The first-order chi connectivity index (χ1) is 9.52. The summed E-state index contributed by atoms with van der Waals surface area (Å²) in [6.45, 7) is 1.31. The van der Waals surface area contributed by atoms with Gasteiger partial charge in [0.05, 0.1) is 13.0 Å². The number of ether oxygens (including phenoxy) is 1. The Morgan fingerprint density at radius 2 is 2.25 bits per heavy atom. The van der Waals surface area contributed by atoms with Crippen molar-refractivity contribution in [2.24, 2.45) is 5.92 Å². The molecule has 0 aromatic heterocycles. The van der Waals surface area contributed by atoms with E-state index in [0.717, 1.165) is 23.4 Å². The molecule has 5 heteroatoms. The van der Waals surface area contributed by atoms with E-state index < -0.39 is 5.97 Å². The third kappa shape index (κ3) is 3.11. The Bertz CT molecular complexity index is 488. The van der Waals surface area contributed by atoms with Crippen molar-refractivity contribution in [1.82, 2.24) is 10.2 Å². The van der Waals surface area contributed by atoms with E-state index in [-0.39, 0.29) is 12.0 Å². The van der Waals surface area contributed by atoms with Crippen LogP contribution >= 0.6 is 0 Å². The Labute approximate surface area is 119 Å². The lowest BCUT2D eigenvalue weighted by atomic mass is 9.97. The Hall–Kier alpha value is -1.59. The number of carboxylic acid groups (broad SMARTS) is 1. The van der Waals surface area contributed by atoms with Gasteiger partial charge in [-0.1, -0.05) is 18.2 Å². The van der Waals surface area contributed by atoms with E-state index in [1.54, 1.807) is 7.11 Å². The maximum absolute atomic E-state index is 11.1. The number of methoxy groups -OCH3 is 1. The van der Waals surface area contributed by atoms with Gasteiger partial charge in [0.2, 0.25) is 0 Å². The molecule has 0 saturated carbocycles. The van der Waals surface area contributed by atoms with Gasteiger partial charge in [0.15, 0.2) is 0 Å². The number of carbonyl (C=O) groups is 1. The lowest BCUT2D eigenvalue weighted by Gasteiger charge is -2.20. The van der Waals surface area contributed by atoms with E-state index in [2.05, 4.69) is 10.2 Å². The van der Waals surface area contributed by atoms with Gasteiger partial charge in [0.1, 0.15) is 5.75 Å². The molecule has 1 aromatic rings. The van der Waals surface area contributed by atoms with Crippen LogP contribution in [0.3, 0.4) is 0 Å². The van der Waals surface area contributed by atoms with Crippen LogP contribution in [0.4, 0.5) is 0 Å². The minimum Gasteiger partial charge on any atom is -0.496 e. The maximum Gasteiger partial charge on any atom is 0.307 e. The first-order valence-electron chi connectivity index (χ1n) is 6.79. The number of hydrogen-bond donors (Lipinski definition) is 2. The van der Waals surface area contributed by atoms with E-state index in [1.807, 2.05) is 32.3 Å². The van der Waals surface area contributed by atoms with E-state index in [1.165, 1.54) is 0 Å². The van der Waals surface area contributed by atoms with Crippen molar-refractivity contribution in [2.45, 2.75) is 19.0 Å². The summed E-state index contributed by atoms with van der Waals surface area (Å²) >= 11 is 0. The number of para-hydroxylation sites is 1. The van der Waals surface area contributed by atoms with Crippen molar-refractivity contribution in [2.75, 3.05) is 27.7 Å². The number of hydrogen-bond acceptors (Lipinski definition) is 4. The molecule has 5 nitrogen and oxygen atoms in total. The third-order valence-electron chi connectivity index (χ3n) is 3.67. The number of nitrogens with zero attached hydrogens (tertiary/aromatic N) is 1. The molecule has 2 atom stereocenters. The predicted molar refractivity (Wildman–Crippen MR) is 76.9 cm³/mol. The number of nitrogens with one attached hydrogen (secondary N) is 1. The van der Waals surface area contributed by atoms with Gasteiger partial charge in [-0.2, -0.15) is 0 Å². The quantitative estimate of drug-likeness (QED) is 0.854. The minimum atomic E-state index is -0.733. The molecular weight excluding hydrogens is 256 g/mol. The smallest absolute Gasteiger partial charge is 0.307 e. The summed E-state index contributed by atoms with van der Waals surface area (Å²) in [5, 5.41) is 12.4. The second kappa shape index (κ2) is 6.24. The maximum atomic E-state index is 11.1. The average Bonchev–Trinajstić information content (AvgIpc) is 2.87. The highest BCUT2D eigenvalue weighted by atomic mass is 16.5. The van der Waals surface area contributed by atoms with Gasteiger partial charge in [-0.25, -0.2) is 0 Å². The van der Waals surface area contributed by atoms with Crippen molar-refractivity contribution in [3.05, 3.63) is 29.3 Å². The van der Waals surface area contributed by atoms with Crippen molar-refractivity contribution in [3.8, 4) is 5.75 Å². The third-order valence-corrected chi connectivity index (χ3v) is 3.67. The molecule has 0 bridgehead atoms. The van der Waals surface area contributed by atoms with Crippen LogP contribution in [0.25, 0.3) is 0 Å². The largest absolute Gasteiger partial charge is 0.496 e. The lowest BCUT2D eigenvalue weighted by Crippen LogP contribution is -2.18. The monoisotopic (exact) mass is 278 g/mol. The molecule has 0 amide bonds. The first-order valence-corrected chi connectivity index (χ1v) is 6.79. The molecule has 2 rings (SSSR count). The molecular formula is C15H22N2O3. The topological polar surface area (TPSA) is 61.8 Å². The Morgan fingerprint density at radius 3 is 2.80 bits per heavy atom. The zero-order chi connectivity index (χ0) is 14.7. The number of carboxylic acids is 1. The molecule has 1 aliphatic rings. The average molecular weight is 278 g/mol. The fourth-order valence-electron chi connectivity index (χ4n) is 2.75. The van der Waals surface area contributed by atoms with Gasteiger partial charge in [-0.3, -0.25) is 4.79 Å². The van der Waals surface area contributed by atoms with E-state index in [0.29, 0.717) is 13.0 Å². The zero-order valence-corrected chi connectivity index (χ0v) is 12.2. The first kappa shape index (κ1) is 14.8. The summed E-state index contributed by atoms with van der Waals surface area (Å²) < 4.78 is 5.57. The molecule has 20 heavy (non-hydrogen) atoms. The second-order valence-corrected chi connectivity index (χ2v) is 5.51. The van der Waals surface area contributed by atoms with Crippen molar-refractivity contribution in [1.29, 1.82) is 0 Å². The van der Waals surface area contributed by atoms with Crippen LogP contribution in [0.15, 0.2) is 18.2 Å². The highest BCUT2D eigenvalue weighted by Crippen LogP contribution is 2.35. The molecule has 0 spiro atoms. The van der Waals surface area contributed by atoms with Crippen LogP contribution < -0.4 is 10.1 Å². The van der Waals surface area contributed by atoms with Crippen LogP contribution in [0.5, 0.6) is 5.75 Å². The molecule has 1 fully saturated rings. The van der Waals surface area contributed by atoms with Crippen LogP contribution in [0, 0.1) is 5.92 Å². The van der Waals surface area contributed by atoms with Crippen molar-refractivity contribution in [3.63, 3.8) is 0 Å². The summed E-state index contributed by atoms with van der Waals surface area (Å²) in [7, 11) is 5.70. The second-order valence-electron chi connectivity index (χ2n) is 5.51. The van der Waals surface area contributed by atoms with Crippen LogP contribution in [0.1, 0.15) is 23.6 Å². The standard InChI is InChI=1S/C15H22N2O3/c1-17(2)9-10-5-4-6-12(14(10)20-3)13-7-11(8-16-13)15(18)19/h4-6,11,13,16H,7-9H2,1-3H3,(H,18,19). The Kier molecular flexibility index (Phi) is 4.62. The van der Waals surface area contributed by atoms with Gasteiger partial charge < -0.3 is 20.1 Å². The van der Waals surface area contributed by atoms with Crippen molar-refractivity contribution >= 4 is 5.97 Å². The highest BCUT2D eigenvalue weighted by molar-refractivity contribution is 5.71. The Balaban J connectivity index is 2.26. The van der Waals surface area contributed by atoms with Gasteiger partial charge in [-0.15, -0.1) is 0 Å². The fraction of sp³-hybridized carbons (Fsp3) is 0.533. The van der Waals surface area contributed by atoms with Crippen LogP contribution in [-0.4, -0.2) is 43.7 Å². The highest BCUT2D eigenvalue weighted by Gasteiger charge is 2.32. The van der Waals surface area contributed by atoms with Gasteiger partial charge in [0.25, 0.3) is 0 Å². The molecule has 2 N–H and O–H groups in total. The summed E-state index contributed by atoms with van der Waals surface area (Å²) in [5.74, 6) is -0.185. The van der Waals surface area contributed by atoms with E-state index in [9.17, 15) is 4.79 Å². The number of aliphatic carboxylic acids is 1. The molecule has 0 aliphatic carbocycles. The molecule has 1 heterocycles. The number of rotatable bonds is 5. The molecule has 1 aromatic carbocycles. The summed E-state index contributed by atoms with van der Waals surface area (Å²) in [5.41, 5.74) is 2.17. The molecule has 1 saturated heterocycles. The number of benzene rings is 1. The summed E-state index contributed by atoms with van der Waals surface area (Å²) in [4.78, 5) is 13.2. The van der Waals surface area contributed by atoms with Gasteiger partial charge in [0, 0.05) is 30.3 Å². The van der Waals surface area contributed by atoms with E-state index in [4.69, 9.17) is 9.84 Å². The van der Waals surface area contributed by atoms with Crippen molar-refractivity contribution < 1.29 is 14.6 Å². The lowest BCUT2D eigenvalue weighted by molar-refractivity contribution is -0.141. The van der Waals surface area contributed by atoms with Gasteiger partial charge in [-0.05, 0) is 20.5 Å². The van der Waals surface area contributed by atoms with Crippen LogP contribution in [0.2, 0.25) is 0 Å². The predicted octanol–water partition coefficient (Wildman–Crippen LogP) is 1.49. The normalized spacial score (nSPS) is 22.2. The molecule has 0 radical (unpaired) electrons. The zero-order valence-electron chi connectivity index (χ0n) is 12.2.